The van der Waals surface area contributed by atoms with Gasteiger partial charge in [-0.1, -0.05) is 76.0 Å². The molecule has 0 amide bonds. The molecule has 33 heavy (non-hydrogen) atoms. The van der Waals surface area contributed by atoms with E-state index in [4.69, 9.17) is 4.74 Å². The van der Waals surface area contributed by atoms with Gasteiger partial charge in [0.15, 0.2) is 0 Å². The van der Waals surface area contributed by atoms with Gasteiger partial charge in [0.1, 0.15) is 5.75 Å². The normalized spacial score (nSPS) is 25.5. The van der Waals surface area contributed by atoms with Crippen LogP contribution in [0.4, 0.5) is 0 Å². The van der Waals surface area contributed by atoms with E-state index in [1.807, 2.05) is 0 Å². The number of hydrogen-bond acceptors (Lipinski definition) is 1. The summed E-state index contributed by atoms with van der Waals surface area (Å²) in [7, 11) is 0. The Balaban J connectivity index is 1.28. The van der Waals surface area contributed by atoms with Crippen LogP contribution in [0.25, 0.3) is 0 Å². The van der Waals surface area contributed by atoms with Crippen molar-refractivity contribution >= 4 is 0 Å². The predicted molar refractivity (Wildman–Crippen MR) is 143 cm³/mol. The predicted octanol–water partition coefficient (Wildman–Crippen LogP) is 9.16. The lowest BCUT2D eigenvalue weighted by atomic mass is 9.80. The molecule has 2 aliphatic carbocycles. The molecule has 0 heterocycles. The van der Waals surface area contributed by atoms with Crippen LogP contribution in [0.5, 0.6) is 5.75 Å². The summed E-state index contributed by atoms with van der Waals surface area (Å²) in [4.78, 5) is 0. The smallest absolute Gasteiger partial charge is 0.119 e. The Morgan fingerprint density at radius 3 is 2.21 bits per heavy atom. The number of hydrogen-bond donors (Lipinski definition) is 0. The van der Waals surface area contributed by atoms with E-state index < -0.39 is 0 Å². The molecule has 2 fully saturated rings. The molecule has 0 unspecified atom stereocenters. The molecule has 0 atom stereocenters. The van der Waals surface area contributed by atoms with Gasteiger partial charge in [-0.2, -0.15) is 0 Å². The molecule has 2 saturated carbocycles. The number of allylic oxidation sites excluding steroid dienone is 2. The van der Waals surface area contributed by atoms with E-state index in [0.717, 1.165) is 24.2 Å². The molecular weight excluding hydrogens is 400 g/mol. The quantitative estimate of drug-likeness (QED) is 0.242. The number of ether oxygens (including phenoxy) is 1. The van der Waals surface area contributed by atoms with E-state index in [1.54, 1.807) is 0 Å². The van der Waals surface area contributed by atoms with Crippen LogP contribution in [0.2, 0.25) is 0 Å². The molecule has 1 aromatic rings. The molecule has 3 rings (SSSR count). The number of aryl methyl sites for hydroxylation is 1. The molecule has 0 N–H and O–H groups in total. The highest BCUT2D eigenvalue weighted by Gasteiger charge is 2.21. The highest BCUT2D eigenvalue weighted by atomic mass is 16.5. The van der Waals surface area contributed by atoms with E-state index >= 15 is 0 Å². The van der Waals surface area contributed by atoms with E-state index in [1.165, 1.54) is 102 Å². The lowest BCUT2D eigenvalue weighted by molar-refractivity contribution is 0.196. The molecule has 0 aliphatic heterocycles. The summed E-state index contributed by atoms with van der Waals surface area (Å²) in [5.74, 6) is 11.0. The summed E-state index contributed by atoms with van der Waals surface area (Å²) < 4.78 is 6.11. The maximum Gasteiger partial charge on any atom is 0.119 e. The van der Waals surface area contributed by atoms with Gasteiger partial charge < -0.3 is 4.74 Å². The zero-order valence-corrected chi connectivity index (χ0v) is 21.5. The summed E-state index contributed by atoms with van der Waals surface area (Å²) in [5.41, 5.74) is 1.43. The van der Waals surface area contributed by atoms with Crippen LogP contribution >= 0.6 is 0 Å². The third kappa shape index (κ3) is 10.00. The molecule has 0 radical (unpaired) electrons. The highest BCUT2D eigenvalue weighted by molar-refractivity contribution is 5.27. The highest BCUT2D eigenvalue weighted by Crippen LogP contribution is 2.32. The number of rotatable bonds is 11. The summed E-state index contributed by atoms with van der Waals surface area (Å²) in [6, 6.07) is 8.79. The van der Waals surface area contributed by atoms with Gasteiger partial charge in [0, 0.05) is 5.92 Å². The van der Waals surface area contributed by atoms with E-state index in [-0.39, 0.29) is 0 Å². The first-order valence-corrected chi connectivity index (χ1v) is 14.2. The van der Waals surface area contributed by atoms with Gasteiger partial charge in [-0.3, -0.25) is 0 Å². The van der Waals surface area contributed by atoms with Gasteiger partial charge >= 0.3 is 0 Å². The zero-order valence-electron chi connectivity index (χ0n) is 21.5. The van der Waals surface area contributed by atoms with Gasteiger partial charge in [0.05, 0.1) is 6.61 Å². The Hall–Kier alpha value is -1.68. The number of unbranched alkanes of at least 4 members (excludes halogenated alkanes) is 3. The van der Waals surface area contributed by atoms with Gasteiger partial charge in [-0.15, -0.1) is 0 Å². The molecule has 0 saturated heterocycles. The van der Waals surface area contributed by atoms with Crippen molar-refractivity contribution in [1.29, 1.82) is 0 Å². The second kappa shape index (κ2) is 15.3. The monoisotopic (exact) mass is 448 g/mol. The summed E-state index contributed by atoms with van der Waals surface area (Å²) >= 11 is 0. The molecule has 182 valence electrons. The minimum absolute atomic E-state index is 0.582. The first kappa shape index (κ1) is 25.9. The minimum Gasteiger partial charge on any atom is -0.493 e. The first-order valence-electron chi connectivity index (χ1n) is 14.2. The Bertz CT molecular complexity index is 718. The third-order valence-corrected chi connectivity index (χ3v) is 7.92. The fourth-order valence-electron chi connectivity index (χ4n) is 5.53. The van der Waals surface area contributed by atoms with Crippen LogP contribution in [-0.4, -0.2) is 6.61 Å². The van der Waals surface area contributed by atoms with Crippen LogP contribution < -0.4 is 4.74 Å². The van der Waals surface area contributed by atoms with Crippen molar-refractivity contribution in [2.75, 3.05) is 6.61 Å². The Labute approximate surface area is 204 Å². The third-order valence-electron chi connectivity index (χ3n) is 7.92. The van der Waals surface area contributed by atoms with Crippen LogP contribution in [0.3, 0.4) is 0 Å². The van der Waals surface area contributed by atoms with Gasteiger partial charge in [-0.25, -0.2) is 0 Å². The largest absolute Gasteiger partial charge is 0.493 e. The fourth-order valence-corrected chi connectivity index (χ4v) is 5.53. The van der Waals surface area contributed by atoms with Crippen molar-refractivity contribution in [1.82, 2.24) is 0 Å². The topological polar surface area (TPSA) is 9.23 Å². The molecule has 0 aromatic heterocycles. The summed E-state index contributed by atoms with van der Waals surface area (Å²) in [5, 5.41) is 0. The van der Waals surface area contributed by atoms with Crippen LogP contribution in [0, 0.1) is 35.5 Å². The molecule has 2 aliphatic rings. The van der Waals surface area contributed by atoms with Crippen molar-refractivity contribution in [3.8, 4) is 17.6 Å². The first-order chi connectivity index (χ1) is 16.3. The average Bonchev–Trinajstić information content (AvgIpc) is 2.86. The van der Waals surface area contributed by atoms with Crippen molar-refractivity contribution in [3.05, 3.63) is 42.0 Å². The lowest BCUT2D eigenvalue weighted by Gasteiger charge is -2.26. The standard InChI is InChI=1S/C32H48O/c1-3-5-7-11-30-22-24-32(25-23-30)33-26-31-20-18-29(19-21-31)13-9-8-12-28-16-14-27(15-17-28)10-6-4-2/h8,12,22-25,27-29,31H,3-7,10-11,14-21,26H2,1-2H3. The van der Waals surface area contributed by atoms with Crippen molar-refractivity contribution < 1.29 is 4.74 Å². The molecule has 1 heteroatoms. The summed E-state index contributed by atoms with van der Waals surface area (Å²) in [6.45, 7) is 5.42. The molecule has 1 aromatic carbocycles. The lowest BCUT2D eigenvalue weighted by Crippen LogP contribution is -2.19. The number of benzene rings is 1. The Kier molecular flexibility index (Phi) is 12.0. The van der Waals surface area contributed by atoms with Crippen LogP contribution in [0.1, 0.15) is 109 Å². The Morgan fingerprint density at radius 1 is 0.818 bits per heavy atom. The van der Waals surface area contributed by atoms with Crippen molar-refractivity contribution in [2.45, 2.75) is 110 Å². The maximum atomic E-state index is 6.11. The minimum atomic E-state index is 0.582. The van der Waals surface area contributed by atoms with E-state index in [9.17, 15) is 0 Å². The average molecular weight is 449 g/mol. The second-order valence-electron chi connectivity index (χ2n) is 10.7. The summed E-state index contributed by atoms with van der Waals surface area (Å²) in [6.07, 6.45) is 24.4. The molecule has 0 spiro atoms. The van der Waals surface area contributed by atoms with Gasteiger partial charge in [0.2, 0.25) is 0 Å². The Morgan fingerprint density at radius 2 is 1.52 bits per heavy atom. The second-order valence-corrected chi connectivity index (χ2v) is 10.7. The van der Waals surface area contributed by atoms with Crippen LogP contribution in [0.15, 0.2) is 36.4 Å². The van der Waals surface area contributed by atoms with E-state index in [2.05, 4.69) is 62.1 Å². The molecular formula is C32H48O. The van der Waals surface area contributed by atoms with Crippen molar-refractivity contribution in [3.63, 3.8) is 0 Å². The molecule has 0 bridgehead atoms. The zero-order chi connectivity index (χ0) is 23.1. The van der Waals surface area contributed by atoms with E-state index in [0.29, 0.717) is 11.8 Å². The van der Waals surface area contributed by atoms with Crippen LogP contribution in [-0.2, 0) is 6.42 Å². The van der Waals surface area contributed by atoms with Gasteiger partial charge in [0.25, 0.3) is 0 Å². The fraction of sp³-hybridized carbons (Fsp3) is 0.688. The van der Waals surface area contributed by atoms with Crippen molar-refractivity contribution in [2.24, 2.45) is 23.7 Å². The van der Waals surface area contributed by atoms with Gasteiger partial charge in [-0.05, 0) is 106 Å². The maximum absolute atomic E-state index is 6.11. The molecule has 1 nitrogen and oxygen atoms in total. The SMILES string of the molecule is CCCCCc1ccc(OCC2CCC(C#CC=CC3CCC(CCCC)CC3)CC2)cc1.